The Morgan fingerprint density at radius 1 is 1.23 bits per heavy atom. The summed E-state index contributed by atoms with van der Waals surface area (Å²) in [4.78, 5) is 13.1. The Bertz CT molecular complexity index is 781. The van der Waals surface area contributed by atoms with E-state index in [1.807, 2.05) is 24.5 Å². The molecule has 0 fully saturated rings. The molecule has 0 aliphatic heterocycles. The van der Waals surface area contributed by atoms with Gasteiger partial charge in [-0.2, -0.15) is 8.78 Å². The molecular formula is C19H19F2NO3S. The van der Waals surface area contributed by atoms with Gasteiger partial charge in [-0.15, -0.1) is 11.8 Å². The lowest BCUT2D eigenvalue weighted by Gasteiger charge is -2.11. The molecule has 0 heterocycles. The van der Waals surface area contributed by atoms with Gasteiger partial charge in [-0.05, 0) is 55.2 Å². The number of alkyl halides is 2. The zero-order chi connectivity index (χ0) is 18.9. The molecule has 26 heavy (non-hydrogen) atoms. The summed E-state index contributed by atoms with van der Waals surface area (Å²) in [6.45, 7) is -0.887. The molecular weight excluding hydrogens is 360 g/mol. The number of carbonyl (C=O) groups excluding carboxylic acids is 1. The minimum absolute atomic E-state index is 0.0441. The van der Waals surface area contributed by atoms with Gasteiger partial charge in [0.05, 0.1) is 6.61 Å². The molecule has 0 aromatic heterocycles. The van der Waals surface area contributed by atoms with Gasteiger partial charge in [0, 0.05) is 16.7 Å². The average molecular weight is 379 g/mol. The van der Waals surface area contributed by atoms with Crippen molar-refractivity contribution < 1.29 is 23.0 Å². The SMILES string of the molecule is CCOc1cc(/C=C/C(=O)Nc2cccc(SC)c2)ccc1OC(F)F. The van der Waals surface area contributed by atoms with Crippen LogP contribution in [-0.2, 0) is 4.79 Å². The molecule has 0 aliphatic rings. The first kappa shape index (κ1) is 19.8. The van der Waals surface area contributed by atoms with Gasteiger partial charge in [-0.3, -0.25) is 4.79 Å². The zero-order valence-electron chi connectivity index (χ0n) is 14.4. The largest absolute Gasteiger partial charge is 0.490 e. The van der Waals surface area contributed by atoms with Crippen LogP contribution >= 0.6 is 11.8 Å². The van der Waals surface area contributed by atoms with E-state index in [-0.39, 0.29) is 17.4 Å². The smallest absolute Gasteiger partial charge is 0.387 e. The Balaban J connectivity index is 2.08. The van der Waals surface area contributed by atoms with Crippen molar-refractivity contribution in [2.75, 3.05) is 18.2 Å². The molecule has 0 aliphatic carbocycles. The van der Waals surface area contributed by atoms with Crippen molar-refractivity contribution in [1.82, 2.24) is 0 Å². The second-order valence-corrected chi connectivity index (χ2v) is 5.95. The molecule has 4 nitrogen and oxygen atoms in total. The quantitative estimate of drug-likeness (QED) is 0.514. The van der Waals surface area contributed by atoms with E-state index in [9.17, 15) is 13.6 Å². The number of thioether (sulfide) groups is 1. The van der Waals surface area contributed by atoms with Crippen molar-refractivity contribution in [1.29, 1.82) is 0 Å². The fraction of sp³-hybridized carbons (Fsp3) is 0.211. The highest BCUT2D eigenvalue weighted by Gasteiger charge is 2.11. The number of anilines is 1. The standard InChI is InChI=1S/C19H19F2NO3S/c1-3-24-17-11-13(7-9-16(17)25-19(20)21)8-10-18(23)22-14-5-4-6-15(12-14)26-2/h4-12,19H,3H2,1-2H3,(H,22,23)/b10-8+. The monoisotopic (exact) mass is 379 g/mol. The summed E-state index contributed by atoms with van der Waals surface area (Å²) in [6.07, 6.45) is 4.89. The lowest BCUT2D eigenvalue weighted by atomic mass is 10.2. The van der Waals surface area contributed by atoms with Gasteiger partial charge < -0.3 is 14.8 Å². The van der Waals surface area contributed by atoms with E-state index in [1.54, 1.807) is 43.0 Å². The topological polar surface area (TPSA) is 47.6 Å². The lowest BCUT2D eigenvalue weighted by Crippen LogP contribution is -2.07. The molecule has 0 radical (unpaired) electrons. The molecule has 0 spiro atoms. The van der Waals surface area contributed by atoms with Crippen LogP contribution in [0, 0.1) is 0 Å². The van der Waals surface area contributed by atoms with Gasteiger partial charge >= 0.3 is 6.61 Å². The Morgan fingerprint density at radius 3 is 2.73 bits per heavy atom. The Hall–Kier alpha value is -2.54. The third-order valence-electron chi connectivity index (χ3n) is 3.25. The molecule has 138 valence electrons. The number of carbonyl (C=O) groups is 1. The predicted octanol–water partition coefficient (Wildman–Crippen LogP) is 5.06. The third-order valence-corrected chi connectivity index (χ3v) is 3.97. The molecule has 1 N–H and O–H groups in total. The van der Waals surface area contributed by atoms with E-state index >= 15 is 0 Å². The summed E-state index contributed by atoms with van der Waals surface area (Å²) in [5, 5.41) is 2.77. The Labute approximate surface area is 155 Å². The summed E-state index contributed by atoms with van der Waals surface area (Å²) >= 11 is 1.58. The number of benzene rings is 2. The van der Waals surface area contributed by atoms with E-state index in [4.69, 9.17) is 4.74 Å². The third kappa shape index (κ3) is 6.07. The second-order valence-electron chi connectivity index (χ2n) is 5.07. The summed E-state index contributed by atoms with van der Waals surface area (Å²) in [5.74, 6) is -0.144. The molecule has 2 rings (SSSR count). The van der Waals surface area contributed by atoms with Crippen LogP contribution in [0.25, 0.3) is 6.08 Å². The number of nitrogens with one attached hydrogen (secondary N) is 1. The highest BCUT2D eigenvalue weighted by Crippen LogP contribution is 2.30. The van der Waals surface area contributed by atoms with Gasteiger partial charge in [-0.25, -0.2) is 0 Å². The van der Waals surface area contributed by atoms with E-state index < -0.39 is 6.61 Å². The van der Waals surface area contributed by atoms with Crippen molar-refractivity contribution >= 4 is 29.4 Å². The van der Waals surface area contributed by atoms with Crippen molar-refractivity contribution in [3.8, 4) is 11.5 Å². The van der Waals surface area contributed by atoms with Crippen LogP contribution in [0.2, 0.25) is 0 Å². The molecule has 7 heteroatoms. The second kappa shape index (κ2) is 9.82. The maximum absolute atomic E-state index is 12.4. The average Bonchev–Trinajstić information content (AvgIpc) is 2.62. The van der Waals surface area contributed by atoms with Crippen LogP contribution in [0.1, 0.15) is 12.5 Å². The zero-order valence-corrected chi connectivity index (χ0v) is 15.2. The minimum Gasteiger partial charge on any atom is -0.490 e. The molecule has 0 unspecified atom stereocenters. The number of amides is 1. The van der Waals surface area contributed by atoms with Gasteiger partial charge in [0.2, 0.25) is 5.91 Å². The van der Waals surface area contributed by atoms with E-state index in [2.05, 4.69) is 10.1 Å². The Kier molecular flexibility index (Phi) is 7.47. The van der Waals surface area contributed by atoms with Crippen LogP contribution in [0.4, 0.5) is 14.5 Å². The van der Waals surface area contributed by atoms with Crippen LogP contribution in [-0.4, -0.2) is 25.4 Å². The van der Waals surface area contributed by atoms with Crippen molar-refractivity contribution in [2.24, 2.45) is 0 Å². The van der Waals surface area contributed by atoms with Gasteiger partial charge in [0.25, 0.3) is 0 Å². The number of ether oxygens (including phenoxy) is 2. The summed E-state index contributed by atoms with van der Waals surface area (Å²) in [7, 11) is 0. The van der Waals surface area contributed by atoms with E-state index in [1.165, 1.54) is 12.1 Å². The first-order chi connectivity index (χ1) is 12.5. The molecule has 2 aromatic rings. The number of halogens is 2. The van der Waals surface area contributed by atoms with Gasteiger partial charge in [0.15, 0.2) is 11.5 Å². The van der Waals surface area contributed by atoms with Crippen molar-refractivity contribution in [2.45, 2.75) is 18.4 Å². The normalized spacial score (nSPS) is 11.0. The summed E-state index contributed by atoms with van der Waals surface area (Å²) in [5.41, 5.74) is 1.32. The molecule has 0 atom stereocenters. The highest BCUT2D eigenvalue weighted by molar-refractivity contribution is 7.98. The molecule has 0 saturated carbocycles. The molecule has 2 aromatic carbocycles. The predicted molar refractivity (Wildman–Crippen MR) is 100 cm³/mol. The number of hydrogen-bond acceptors (Lipinski definition) is 4. The van der Waals surface area contributed by atoms with E-state index in [0.717, 1.165) is 4.90 Å². The molecule has 1 amide bonds. The first-order valence-electron chi connectivity index (χ1n) is 7.86. The van der Waals surface area contributed by atoms with Crippen molar-refractivity contribution in [3.05, 3.63) is 54.1 Å². The van der Waals surface area contributed by atoms with Crippen LogP contribution < -0.4 is 14.8 Å². The maximum Gasteiger partial charge on any atom is 0.387 e. The summed E-state index contributed by atoms with van der Waals surface area (Å²) < 4.78 is 34.5. The van der Waals surface area contributed by atoms with E-state index in [0.29, 0.717) is 17.9 Å². The van der Waals surface area contributed by atoms with Crippen LogP contribution in [0.3, 0.4) is 0 Å². The highest BCUT2D eigenvalue weighted by atomic mass is 32.2. The van der Waals surface area contributed by atoms with Crippen LogP contribution in [0.15, 0.2) is 53.4 Å². The van der Waals surface area contributed by atoms with Crippen LogP contribution in [0.5, 0.6) is 11.5 Å². The maximum atomic E-state index is 12.4. The van der Waals surface area contributed by atoms with Crippen molar-refractivity contribution in [3.63, 3.8) is 0 Å². The minimum atomic E-state index is -2.93. The van der Waals surface area contributed by atoms with Gasteiger partial charge in [-0.1, -0.05) is 12.1 Å². The lowest BCUT2D eigenvalue weighted by molar-refractivity contribution is -0.111. The molecule has 0 saturated heterocycles. The fourth-order valence-corrected chi connectivity index (χ4v) is 2.61. The first-order valence-corrected chi connectivity index (χ1v) is 9.09. The fourth-order valence-electron chi connectivity index (χ4n) is 2.15. The number of hydrogen-bond donors (Lipinski definition) is 1. The molecule has 0 bridgehead atoms. The Morgan fingerprint density at radius 2 is 2.04 bits per heavy atom. The number of rotatable bonds is 8. The van der Waals surface area contributed by atoms with Gasteiger partial charge in [0.1, 0.15) is 0 Å². The summed E-state index contributed by atoms with van der Waals surface area (Å²) in [6, 6.07) is 12.0.